The minimum Gasteiger partial charge on any atom is -0.494 e. The predicted octanol–water partition coefficient (Wildman–Crippen LogP) is 1.44. The first-order valence-electron chi connectivity index (χ1n) is 10.2. The van der Waals surface area contributed by atoms with Crippen LogP contribution in [-0.2, 0) is 19.0 Å². The zero-order chi connectivity index (χ0) is 20.2. The molecule has 0 unspecified atom stereocenters. The number of benzene rings is 1. The number of carbonyl (C=O) groups is 1. The number of rotatable bonds is 6. The van der Waals surface area contributed by atoms with Gasteiger partial charge in [0.1, 0.15) is 32.6 Å². The highest BCUT2D eigenvalue weighted by molar-refractivity contribution is 7.22. The lowest BCUT2D eigenvalue weighted by molar-refractivity contribution is -0.908. The number of fused-ring (bicyclic) bond motifs is 1. The van der Waals surface area contributed by atoms with Crippen molar-refractivity contribution in [3.63, 3.8) is 0 Å². The number of hydrogen-bond donors (Lipinski definition) is 1. The molecule has 0 atom stereocenters. The summed E-state index contributed by atoms with van der Waals surface area (Å²) in [6.45, 7) is 10.3. The van der Waals surface area contributed by atoms with Crippen molar-refractivity contribution in [2.75, 3.05) is 57.5 Å². The Kier molecular flexibility index (Phi) is 6.32. The maximum atomic E-state index is 13.2. The third kappa shape index (κ3) is 4.55. The number of hydrogen-bond acceptors (Lipinski definition) is 6. The Morgan fingerprint density at radius 3 is 2.79 bits per heavy atom. The smallest absolute Gasteiger partial charge is 0.298 e. The lowest BCUT2D eigenvalue weighted by atomic mass is 10.1. The second kappa shape index (κ2) is 9.11. The monoisotopic (exact) mass is 418 g/mol. The number of nitrogens with one attached hydrogen (secondary N) is 1. The fourth-order valence-corrected chi connectivity index (χ4v) is 4.67. The van der Waals surface area contributed by atoms with Crippen LogP contribution < -0.4 is 9.80 Å². The van der Waals surface area contributed by atoms with E-state index in [-0.39, 0.29) is 11.7 Å². The van der Waals surface area contributed by atoms with Gasteiger partial charge in [0.15, 0.2) is 5.13 Å². The minimum atomic E-state index is -0.185. The van der Waals surface area contributed by atoms with Crippen LogP contribution in [-0.4, -0.2) is 63.5 Å². The molecule has 0 aliphatic carbocycles. The van der Waals surface area contributed by atoms with Crippen LogP contribution in [0.25, 0.3) is 10.2 Å². The Morgan fingerprint density at radius 2 is 2.03 bits per heavy atom. The van der Waals surface area contributed by atoms with E-state index in [1.807, 2.05) is 0 Å². The molecular formula is C21H28N3O4S+. The highest BCUT2D eigenvalue weighted by Crippen LogP contribution is 2.32. The number of quaternary nitrogens is 1. The lowest BCUT2D eigenvalue weighted by Crippen LogP contribution is -3.14. The van der Waals surface area contributed by atoms with Gasteiger partial charge in [-0.15, -0.1) is 0 Å². The van der Waals surface area contributed by atoms with Crippen LogP contribution in [0.1, 0.15) is 17.5 Å². The van der Waals surface area contributed by atoms with Gasteiger partial charge in [0.25, 0.3) is 5.91 Å². The molecule has 2 aliphatic rings. The second-order valence-electron chi connectivity index (χ2n) is 7.47. The second-order valence-corrected chi connectivity index (χ2v) is 8.48. The number of carbonyl (C=O) groups excluding carboxylic acids is 1. The number of thiazole rings is 1. The summed E-state index contributed by atoms with van der Waals surface area (Å²) < 4.78 is 17.4. The first-order valence-corrected chi connectivity index (χ1v) is 11.0. The van der Waals surface area contributed by atoms with Gasteiger partial charge in [0.2, 0.25) is 5.76 Å². The summed E-state index contributed by atoms with van der Waals surface area (Å²) in [6.07, 6.45) is 2.32. The van der Waals surface area contributed by atoms with Crippen LogP contribution in [0, 0.1) is 13.8 Å². The molecule has 0 bridgehead atoms. The summed E-state index contributed by atoms with van der Waals surface area (Å²) in [4.78, 5) is 21.3. The third-order valence-electron chi connectivity index (χ3n) is 5.52. The first kappa shape index (κ1) is 20.1. The van der Waals surface area contributed by atoms with Gasteiger partial charge in [-0.2, -0.15) is 0 Å². The maximum Gasteiger partial charge on any atom is 0.298 e. The van der Waals surface area contributed by atoms with Gasteiger partial charge in [-0.25, -0.2) is 4.98 Å². The summed E-state index contributed by atoms with van der Waals surface area (Å²) in [5, 5.41) is 0.714. The van der Waals surface area contributed by atoms with Gasteiger partial charge in [-0.3, -0.25) is 9.69 Å². The molecule has 2 aromatic rings. The molecule has 29 heavy (non-hydrogen) atoms. The van der Waals surface area contributed by atoms with Crippen LogP contribution in [0.3, 0.4) is 0 Å². The fraction of sp³-hybridized carbons (Fsp3) is 0.524. The van der Waals surface area contributed by atoms with Crippen molar-refractivity contribution in [2.24, 2.45) is 0 Å². The van der Waals surface area contributed by atoms with E-state index in [1.165, 1.54) is 16.7 Å². The Morgan fingerprint density at radius 1 is 1.21 bits per heavy atom. The SMILES string of the molecule is Cc1ccc2sc(N(CCC[NH+]3CCOCC3)C(=O)C3=COCCO3)nc2c1C. The quantitative estimate of drug-likeness (QED) is 0.769. The molecule has 2 aliphatic heterocycles. The normalized spacial score (nSPS) is 17.5. The van der Waals surface area contributed by atoms with Crippen LogP contribution in [0.15, 0.2) is 24.2 Å². The largest absolute Gasteiger partial charge is 0.494 e. The van der Waals surface area contributed by atoms with Gasteiger partial charge < -0.3 is 19.1 Å². The number of amides is 1. The highest BCUT2D eigenvalue weighted by atomic mass is 32.1. The van der Waals surface area contributed by atoms with Crippen molar-refractivity contribution in [1.82, 2.24) is 4.98 Å². The fourth-order valence-electron chi connectivity index (χ4n) is 3.62. The molecule has 1 amide bonds. The molecule has 1 aromatic heterocycles. The molecule has 4 rings (SSSR count). The standard InChI is InChI=1S/C21H27N3O4S/c1-15-4-5-18-19(16(15)2)22-21(29-18)24(20(25)17-14-27-12-13-28-17)7-3-6-23-8-10-26-11-9-23/h4-5,14H,3,6-13H2,1-2H3/p+1. The Balaban J connectivity index is 1.56. The molecule has 3 heterocycles. The molecule has 0 radical (unpaired) electrons. The van der Waals surface area contributed by atoms with Crippen LogP contribution in [0.2, 0.25) is 0 Å². The molecule has 1 fully saturated rings. The molecule has 0 spiro atoms. The number of aryl methyl sites for hydroxylation is 2. The van der Waals surface area contributed by atoms with Crippen molar-refractivity contribution in [3.05, 3.63) is 35.3 Å². The average Bonchev–Trinajstić information content (AvgIpc) is 3.19. The van der Waals surface area contributed by atoms with E-state index in [0.717, 1.165) is 55.0 Å². The zero-order valence-corrected chi connectivity index (χ0v) is 17.8. The zero-order valence-electron chi connectivity index (χ0n) is 17.0. The summed E-state index contributed by atoms with van der Waals surface area (Å²) in [5.41, 5.74) is 3.33. The van der Waals surface area contributed by atoms with Gasteiger partial charge in [0.05, 0.1) is 30.0 Å². The summed E-state index contributed by atoms with van der Waals surface area (Å²) in [5.74, 6) is 0.0669. The Hall–Kier alpha value is -2.16. The van der Waals surface area contributed by atoms with Crippen molar-refractivity contribution >= 4 is 32.6 Å². The molecule has 156 valence electrons. The van der Waals surface area contributed by atoms with Crippen LogP contribution >= 0.6 is 11.3 Å². The highest BCUT2D eigenvalue weighted by Gasteiger charge is 2.27. The summed E-state index contributed by atoms with van der Waals surface area (Å²) in [7, 11) is 0. The third-order valence-corrected chi connectivity index (χ3v) is 6.57. The maximum absolute atomic E-state index is 13.2. The van der Waals surface area contributed by atoms with Gasteiger partial charge >= 0.3 is 0 Å². The van der Waals surface area contributed by atoms with Crippen molar-refractivity contribution in [2.45, 2.75) is 20.3 Å². The molecular weight excluding hydrogens is 390 g/mol. The number of nitrogens with zero attached hydrogens (tertiary/aromatic N) is 2. The Labute approximate surface area is 174 Å². The van der Waals surface area contributed by atoms with E-state index in [9.17, 15) is 4.79 Å². The van der Waals surface area contributed by atoms with E-state index in [0.29, 0.717) is 24.9 Å². The van der Waals surface area contributed by atoms with Gasteiger partial charge in [0, 0.05) is 13.0 Å². The Bertz CT molecular complexity index is 905. The molecule has 8 heteroatoms. The topological polar surface area (TPSA) is 65.3 Å². The van der Waals surface area contributed by atoms with Gasteiger partial charge in [-0.05, 0) is 31.0 Å². The number of morpholine rings is 1. The van der Waals surface area contributed by atoms with E-state index < -0.39 is 0 Å². The molecule has 7 nitrogen and oxygen atoms in total. The van der Waals surface area contributed by atoms with Crippen molar-refractivity contribution in [1.29, 1.82) is 0 Å². The van der Waals surface area contributed by atoms with E-state index in [2.05, 4.69) is 26.0 Å². The lowest BCUT2D eigenvalue weighted by Gasteiger charge is -2.26. The first-order chi connectivity index (χ1) is 14.1. The van der Waals surface area contributed by atoms with Crippen LogP contribution in [0.4, 0.5) is 5.13 Å². The summed E-state index contributed by atoms with van der Waals surface area (Å²) >= 11 is 1.55. The van der Waals surface area contributed by atoms with Crippen LogP contribution in [0.5, 0.6) is 0 Å². The predicted molar refractivity (Wildman–Crippen MR) is 112 cm³/mol. The van der Waals surface area contributed by atoms with Crippen molar-refractivity contribution in [3.8, 4) is 0 Å². The number of aromatic nitrogens is 1. The minimum absolute atomic E-state index is 0.185. The number of anilines is 1. The van der Waals surface area contributed by atoms with E-state index >= 15 is 0 Å². The molecule has 1 aromatic carbocycles. The molecule has 1 N–H and O–H groups in total. The van der Waals surface area contributed by atoms with E-state index in [4.69, 9.17) is 19.2 Å². The summed E-state index contributed by atoms with van der Waals surface area (Å²) in [6, 6.07) is 4.19. The average molecular weight is 419 g/mol. The van der Waals surface area contributed by atoms with Crippen molar-refractivity contribution < 1.29 is 23.9 Å². The van der Waals surface area contributed by atoms with Gasteiger partial charge in [-0.1, -0.05) is 17.4 Å². The number of ether oxygens (including phenoxy) is 3. The molecule has 0 saturated carbocycles. The molecule has 1 saturated heterocycles. The van der Waals surface area contributed by atoms with E-state index in [1.54, 1.807) is 16.2 Å².